The quantitative estimate of drug-likeness (QED) is 0.828. The number of thiocarbonyl (C=S) groups is 1. The molecule has 0 aliphatic carbocycles. The molecule has 1 aromatic heterocycles. The maximum atomic E-state index is 5.73. The van der Waals surface area contributed by atoms with Crippen LogP contribution in [0.4, 0.5) is 0 Å². The summed E-state index contributed by atoms with van der Waals surface area (Å²) in [4.78, 5) is 4.44. The zero-order valence-electron chi connectivity index (χ0n) is 11.2. The molecule has 0 atom stereocenters. The van der Waals surface area contributed by atoms with E-state index >= 15 is 0 Å². The van der Waals surface area contributed by atoms with E-state index in [2.05, 4.69) is 4.98 Å². The lowest BCUT2D eigenvalue weighted by Gasteiger charge is -2.10. The minimum atomic E-state index is 0.271. The van der Waals surface area contributed by atoms with Gasteiger partial charge in [0.15, 0.2) is 0 Å². The summed E-state index contributed by atoms with van der Waals surface area (Å²) >= 11 is 4.98. The SMILES string of the molecule is CCOc1cccc(OCc2cccnc2C(N)=S)c1. The van der Waals surface area contributed by atoms with Crippen LogP contribution in [0.3, 0.4) is 0 Å². The molecule has 5 heteroatoms. The van der Waals surface area contributed by atoms with Gasteiger partial charge in [0.25, 0.3) is 0 Å². The number of hydrogen-bond acceptors (Lipinski definition) is 4. The van der Waals surface area contributed by atoms with Crippen molar-refractivity contribution in [3.05, 3.63) is 53.9 Å². The van der Waals surface area contributed by atoms with Crippen LogP contribution in [-0.4, -0.2) is 16.6 Å². The molecule has 0 radical (unpaired) electrons. The first-order valence-electron chi connectivity index (χ1n) is 6.30. The highest BCUT2D eigenvalue weighted by Gasteiger charge is 2.07. The van der Waals surface area contributed by atoms with Gasteiger partial charge in [-0.2, -0.15) is 0 Å². The Hall–Kier alpha value is -2.14. The van der Waals surface area contributed by atoms with Crippen LogP contribution in [0.25, 0.3) is 0 Å². The fourth-order valence-corrected chi connectivity index (χ4v) is 1.94. The van der Waals surface area contributed by atoms with E-state index in [0.717, 1.165) is 17.1 Å². The Morgan fingerprint density at radius 1 is 1.20 bits per heavy atom. The van der Waals surface area contributed by atoms with E-state index in [1.54, 1.807) is 6.20 Å². The molecule has 0 spiro atoms. The van der Waals surface area contributed by atoms with Gasteiger partial charge < -0.3 is 15.2 Å². The highest BCUT2D eigenvalue weighted by Crippen LogP contribution is 2.20. The zero-order chi connectivity index (χ0) is 14.4. The molecule has 20 heavy (non-hydrogen) atoms. The van der Waals surface area contributed by atoms with Crippen LogP contribution in [0.1, 0.15) is 18.2 Å². The highest BCUT2D eigenvalue weighted by atomic mass is 32.1. The molecule has 0 fully saturated rings. The first kappa shape index (κ1) is 14.3. The number of ether oxygens (including phenoxy) is 2. The molecule has 2 rings (SSSR count). The highest BCUT2D eigenvalue weighted by molar-refractivity contribution is 7.80. The van der Waals surface area contributed by atoms with Gasteiger partial charge >= 0.3 is 0 Å². The average Bonchev–Trinajstić information content (AvgIpc) is 2.46. The first-order valence-corrected chi connectivity index (χ1v) is 6.71. The summed E-state index contributed by atoms with van der Waals surface area (Å²) in [5.41, 5.74) is 7.10. The lowest BCUT2D eigenvalue weighted by Crippen LogP contribution is -2.15. The van der Waals surface area contributed by atoms with Crippen molar-refractivity contribution in [2.75, 3.05) is 6.61 Å². The topological polar surface area (TPSA) is 57.4 Å². The summed E-state index contributed by atoms with van der Waals surface area (Å²) in [7, 11) is 0. The van der Waals surface area contributed by atoms with E-state index in [0.29, 0.717) is 18.9 Å². The van der Waals surface area contributed by atoms with Crippen molar-refractivity contribution in [2.24, 2.45) is 5.73 Å². The van der Waals surface area contributed by atoms with E-state index in [1.807, 2.05) is 43.3 Å². The molecule has 0 saturated heterocycles. The molecular formula is C15H16N2O2S. The van der Waals surface area contributed by atoms with Gasteiger partial charge in [0.05, 0.1) is 6.61 Å². The predicted molar refractivity (Wildman–Crippen MR) is 82.1 cm³/mol. The maximum absolute atomic E-state index is 5.73. The fraction of sp³-hybridized carbons (Fsp3) is 0.200. The van der Waals surface area contributed by atoms with E-state index in [-0.39, 0.29) is 4.99 Å². The van der Waals surface area contributed by atoms with Crippen molar-refractivity contribution in [3.63, 3.8) is 0 Å². The lowest BCUT2D eigenvalue weighted by molar-refractivity contribution is 0.299. The van der Waals surface area contributed by atoms with Crippen molar-refractivity contribution in [1.29, 1.82) is 0 Å². The van der Waals surface area contributed by atoms with Gasteiger partial charge in [0.2, 0.25) is 0 Å². The second-order valence-corrected chi connectivity index (χ2v) is 4.51. The Labute approximate surface area is 123 Å². The molecule has 0 saturated carbocycles. The van der Waals surface area contributed by atoms with Gasteiger partial charge in [-0.25, -0.2) is 0 Å². The van der Waals surface area contributed by atoms with Gasteiger partial charge in [-0.15, -0.1) is 0 Å². The number of aromatic nitrogens is 1. The summed E-state index contributed by atoms with van der Waals surface area (Å²) in [6.07, 6.45) is 1.66. The van der Waals surface area contributed by atoms with Crippen LogP contribution in [0, 0.1) is 0 Å². The monoisotopic (exact) mass is 288 g/mol. The second-order valence-electron chi connectivity index (χ2n) is 4.07. The third kappa shape index (κ3) is 3.68. The second kappa shape index (κ2) is 6.86. The minimum Gasteiger partial charge on any atom is -0.494 e. The normalized spacial score (nSPS) is 10.1. The molecule has 0 aliphatic rings. The Kier molecular flexibility index (Phi) is 4.90. The number of rotatable bonds is 6. The summed E-state index contributed by atoms with van der Waals surface area (Å²) < 4.78 is 11.2. The molecule has 1 aromatic carbocycles. The summed E-state index contributed by atoms with van der Waals surface area (Å²) in [6, 6.07) is 11.2. The standard InChI is InChI=1S/C15H16N2O2S/c1-2-18-12-6-3-7-13(9-12)19-10-11-5-4-8-17-14(11)15(16)20/h3-9H,2,10H2,1H3,(H2,16,20). The third-order valence-corrected chi connectivity index (χ3v) is 2.83. The van der Waals surface area contributed by atoms with Crippen molar-refractivity contribution < 1.29 is 9.47 Å². The molecule has 0 unspecified atom stereocenters. The van der Waals surface area contributed by atoms with Crippen molar-refractivity contribution in [2.45, 2.75) is 13.5 Å². The van der Waals surface area contributed by atoms with Crippen LogP contribution in [0.2, 0.25) is 0 Å². The van der Waals surface area contributed by atoms with Gasteiger partial charge in [-0.1, -0.05) is 24.4 Å². The molecule has 0 aliphatic heterocycles. The Balaban J connectivity index is 2.09. The molecule has 4 nitrogen and oxygen atoms in total. The smallest absolute Gasteiger partial charge is 0.123 e. The summed E-state index contributed by atoms with van der Waals surface area (Å²) in [5.74, 6) is 1.51. The van der Waals surface area contributed by atoms with Gasteiger partial charge in [0, 0.05) is 17.8 Å². The van der Waals surface area contributed by atoms with Crippen LogP contribution >= 0.6 is 12.2 Å². The van der Waals surface area contributed by atoms with Crippen molar-refractivity contribution in [1.82, 2.24) is 4.98 Å². The predicted octanol–water partition coefficient (Wildman–Crippen LogP) is 2.69. The molecule has 2 aromatic rings. The first-order chi connectivity index (χ1) is 9.70. The number of nitrogens with two attached hydrogens (primary N) is 1. The fourth-order valence-electron chi connectivity index (χ4n) is 1.76. The molecule has 2 N–H and O–H groups in total. The summed E-state index contributed by atoms with van der Waals surface area (Å²) in [6.45, 7) is 2.92. The molecule has 104 valence electrons. The van der Waals surface area contributed by atoms with Crippen molar-refractivity contribution >= 4 is 17.2 Å². The molecule has 1 heterocycles. The van der Waals surface area contributed by atoms with Gasteiger partial charge in [0.1, 0.15) is 28.8 Å². The summed E-state index contributed by atoms with van der Waals surface area (Å²) in [5, 5.41) is 0. The van der Waals surface area contributed by atoms with E-state index in [4.69, 9.17) is 27.4 Å². The van der Waals surface area contributed by atoms with E-state index in [1.165, 1.54) is 0 Å². The maximum Gasteiger partial charge on any atom is 0.123 e. The minimum absolute atomic E-state index is 0.271. The van der Waals surface area contributed by atoms with Crippen LogP contribution in [0.5, 0.6) is 11.5 Å². The van der Waals surface area contributed by atoms with Crippen LogP contribution in [0.15, 0.2) is 42.6 Å². The lowest BCUT2D eigenvalue weighted by atomic mass is 10.2. The number of nitrogens with zero attached hydrogens (tertiary/aromatic N) is 1. The molecular weight excluding hydrogens is 272 g/mol. The molecule has 0 bridgehead atoms. The van der Waals surface area contributed by atoms with Crippen LogP contribution in [-0.2, 0) is 6.61 Å². The largest absolute Gasteiger partial charge is 0.494 e. The Morgan fingerprint density at radius 3 is 2.65 bits per heavy atom. The molecule has 0 amide bonds. The van der Waals surface area contributed by atoms with Gasteiger partial charge in [-0.3, -0.25) is 4.98 Å². The zero-order valence-corrected chi connectivity index (χ0v) is 12.0. The van der Waals surface area contributed by atoms with Crippen molar-refractivity contribution in [3.8, 4) is 11.5 Å². The van der Waals surface area contributed by atoms with Crippen LogP contribution < -0.4 is 15.2 Å². The average molecular weight is 288 g/mol. The van der Waals surface area contributed by atoms with Gasteiger partial charge in [-0.05, 0) is 25.1 Å². The third-order valence-electron chi connectivity index (χ3n) is 2.64. The van der Waals surface area contributed by atoms with E-state index in [9.17, 15) is 0 Å². The Bertz CT molecular complexity index is 602. The Morgan fingerprint density at radius 2 is 1.95 bits per heavy atom. The number of benzene rings is 1. The number of hydrogen-bond donors (Lipinski definition) is 1. The van der Waals surface area contributed by atoms with E-state index < -0.39 is 0 Å². The number of pyridine rings is 1.